The predicted molar refractivity (Wildman–Crippen MR) is 78.5 cm³/mol. The van der Waals surface area contributed by atoms with E-state index >= 15 is 0 Å². The Morgan fingerprint density at radius 3 is 2.76 bits per heavy atom. The molecule has 1 unspecified atom stereocenters. The van der Waals surface area contributed by atoms with Crippen LogP contribution in [-0.4, -0.2) is 41.1 Å². The number of ether oxygens (including phenoxy) is 1. The number of carbonyl (C=O) groups is 2. The predicted octanol–water partition coefficient (Wildman–Crippen LogP) is 2.55. The first-order valence-corrected chi connectivity index (χ1v) is 7.40. The summed E-state index contributed by atoms with van der Waals surface area (Å²) in [5.74, 6) is -0.675. The van der Waals surface area contributed by atoms with Crippen molar-refractivity contribution in [2.24, 2.45) is 0 Å². The fraction of sp³-hybridized carbons (Fsp3) is 0.500. The van der Waals surface area contributed by atoms with Gasteiger partial charge in [0.1, 0.15) is 11.8 Å². The molecule has 0 radical (unpaired) electrons. The van der Waals surface area contributed by atoms with E-state index < -0.39 is 12.0 Å². The number of carboxylic acid groups (broad SMARTS) is 1. The zero-order chi connectivity index (χ0) is 15.2. The highest BCUT2D eigenvalue weighted by Crippen LogP contribution is 2.24. The Morgan fingerprint density at radius 1 is 1.29 bits per heavy atom. The van der Waals surface area contributed by atoms with Crippen molar-refractivity contribution < 1.29 is 19.4 Å². The van der Waals surface area contributed by atoms with Crippen LogP contribution in [-0.2, 0) is 4.79 Å². The van der Waals surface area contributed by atoms with Crippen molar-refractivity contribution in [2.45, 2.75) is 38.6 Å². The lowest BCUT2D eigenvalue weighted by atomic mass is 10.1. The Balaban J connectivity index is 2.30. The van der Waals surface area contributed by atoms with Gasteiger partial charge in [-0.05, 0) is 31.9 Å². The second-order valence-corrected chi connectivity index (χ2v) is 5.13. The molecule has 1 heterocycles. The topological polar surface area (TPSA) is 66.8 Å². The molecule has 0 aromatic heterocycles. The lowest BCUT2D eigenvalue weighted by molar-refractivity contribution is -0.142. The van der Waals surface area contributed by atoms with Gasteiger partial charge >= 0.3 is 5.97 Å². The molecule has 1 fully saturated rings. The van der Waals surface area contributed by atoms with E-state index in [2.05, 4.69) is 0 Å². The highest BCUT2D eigenvalue weighted by molar-refractivity contribution is 5.99. The van der Waals surface area contributed by atoms with E-state index in [1.165, 1.54) is 4.90 Å². The molecule has 1 saturated heterocycles. The molecule has 114 valence electrons. The Hall–Kier alpha value is -2.04. The maximum Gasteiger partial charge on any atom is 0.326 e. The normalized spacial score (nSPS) is 18.9. The number of hydrogen-bond acceptors (Lipinski definition) is 3. The monoisotopic (exact) mass is 291 g/mol. The van der Waals surface area contributed by atoms with Gasteiger partial charge in [-0.1, -0.05) is 25.0 Å². The van der Waals surface area contributed by atoms with E-state index in [0.29, 0.717) is 30.9 Å². The van der Waals surface area contributed by atoms with Crippen molar-refractivity contribution >= 4 is 11.9 Å². The van der Waals surface area contributed by atoms with E-state index in [1.54, 1.807) is 24.3 Å². The molecule has 0 saturated carbocycles. The molecular weight excluding hydrogens is 270 g/mol. The number of likely N-dealkylation sites (tertiary alicyclic amines) is 1. The van der Waals surface area contributed by atoms with Crippen molar-refractivity contribution in [2.75, 3.05) is 13.2 Å². The number of carbonyl (C=O) groups excluding carboxylic acids is 1. The van der Waals surface area contributed by atoms with E-state index in [9.17, 15) is 14.7 Å². The van der Waals surface area contributed by atoms with Crippen LogP contribution in [0.4, 0.5) is 0 Å². The lowest BCUT2D eigenvalue weighted by Gasteiger charge is -2.27. The van der Waals surface area contributed by atoms with Gasteiger partial charge in [0.2, 0.25) is 0 Å². The fourth-order valence-electron chi connectivity index (χ4n) is 2.69. The lowest BCUT2D eigenvalue weighted by Crippen LogP contribution is -2.44. The summed E-state index contributed by atoms with van der Waals surface area (Å²) in [4.78, 5) is 25.7. The third-order valence-electron chi connectivity index (χ3n) is 3.72. The Labute approximate surface area is 124 Å². The molecule has 5 nitrogen and oxygen atoms in total. The summed E-state index contributed by atoms with van der Waals surface area (Å²) in [5.41, 5.74) is 0.438. The molecule has 0 aliphatic carbocycles. The van der Waals surface area contributed by atoms with Crippen LogP contribution >= 0.6 is 0 Å². The SMILES string of the molecule is CCOc1ccccc1C(=O)N1CCCCCC1C(=O)O. The highest BCUT2D eigenvalue weighted by Gasteiger charge is 2.32. The van der Waals surface area contributed by atoms with Gasteiger partial charge in [0.25, 0.3) is 5.91 Å². The van der Waals surface area contributed by atoms with Crippen LogP contribution in [0.3, 0.4) is 0 Å². The summed E-state index contributed by atoms with van der Waals surface area (Å²) in [6.07, 6.45) is 3.15. The first-order chi connectivity index (χ1) is 10.1. The molecular formula is C16H21NO4. The van der Waals surface area contributed by atoms with Gasteiger partial charge in [-0.25, -0.2) is 4.79 Å². The number of nitrogens with zero attached hydrogens (tertiary/aromatic N) is 1. The molecule has 1 atom stereocenters. The number of hydrogen-bond donors (Lipinski definition) is 1. The largest absolute Gasteiger partial charge is 0.493 e. The van der Waals surface area contributed by atoms with E-state index in [1.807, 2.05) is 6.92 Å². The van der Waals surface area contributed by atoms with Crippen molar-refractivity contribution in [1.82, 2.24) is 4.90 Å². The molecule has 0 bridgehead atoms. The van der Waals surface area contributed by atoms with E-state index in [-0.39, 0.29) is 5.91 Å². The third kappa shape index (κ3) is 3.54. The van der Waals surface area contributed by atoms with Crippen LogP contribution in [0.5, 0.6) is 5.75 Å². The second-order valence-electron chi connectivity index (χ2n) is 5.13. The Morgan fingerprint density at radius 2 is 2.05 bits per heavy atom. The third-order valence-corrected chi connectivity index (χ3v) is 3.72. The maximum atomic E-state index is 12.7. The van der Waals surface area contributed by atoms with Crippen LogP contribution in [0.1, 0.15) is 43.0 Å². The van der Waals surface area contributed by atoms with Crippen LogP contribution in [0.2, 0.25) is 0 Å². The van der Waals surface area contributed by atoms with E-state index in [0.717, 1.165) is 19.3 Å². The number of rotatable bonds is 4. The molecule has 1 aromatic rings. The number of aliphatic carboxylic acids is 1. The first kappa shape index (κ1) is 15.4. The van der Waals surface area contributed by atoms with Gasteiger partial charge < -0.3 is 14.7 Å². The minimum Gasteiger partial charge on any atom is -0.493 e. The smallest absolute Gasteiger partial charge is 0.326 e. The van der Waals surface area contributed by atoms with Crippen molar-refractivity contribution in [3.05, 3.63) is 29.8 Å². The quantitative estimate of drug-likeness (QED) is 0.925. The average molecular weight is 291 g/mol. The van der Waals surface area contributed by atoms with Gasteiger partial charge in [-0.15, -0.1) is 0 Å². The molecule has 21 heavy (non-hydrogen) atoms. The molecule has 1 aliphatic heterocycles. The van der Waals surface area contributed by atoms with Crippen LogP contribution in [0.15, 0.2) is 24.3 Å². The molecule has 1 amide bonds. The number of carboxylic acids is 1. The minimum absolute atomic E-state index is 0.256. The second kappa shape index (κ2) is 7.11. The van der Waals surface area contributed by atoms with Crippen LogP contribution in [0.25, 0.3) is 0 Å². The zero-order valence-corrected chi connectivity index (χ0v) is 12.2. The zero-order valence-electron chi connectivity index (χ0n) is 12.2. The van der Waals surface area contributed by atoms with Gasteiger partial charge in [0, 0.05) is 6.54 Å². The van der Waals surface area contributed by atoms with Gasteiger partial charge in [0.15, 0.2) is 0 Å². The summed E-state index contributed by atoms with van der Waals surface area (Å²) in [6, 6.07) is 6.26. The minimum atomic E-state index is -0.931. The fourth-order valence-corrected chi connectivity index (χ4v) is 2.69. The maximum absolute atomic E-state index is 12.7. The first-order valence-electron chi connectivity index (χ1n) is 7.40. The number of para-hydroxylation sites is 1. The van der Waals surface area contributed by atoms with Gasteiger partial charge in [-0.3, -0.25) is 4.79 Å². The summed E-state index contributed by atoms with van der Waals surface area (Å²) in [5, 5.41) is 9.38. The van der Waals surface area contributed by atoms with Crippen molar-refractivity contribution in [3.8, 4) is 5.75 Å². The summed E-state index contributed by atoms with van der Waals surface area (Å²) >= 11 is 0. The summed E-state index contributed by atoms with van der Waals surface area (Å²) in [6.45, 7) is 2.80. The van der Waals surface area contributed by atoms with Gasteiger partial charge in [0.05, 0.1) is 12.2 Å². The molecule has 2 rings (SSSR count). The molecule has 5 heteroatoms. The van der Waals surface area contributed by atoms with Crippen LogP contribution in [0, 0.1) is 0 Å². The standard InChI is InChI=1S/C16H21NO4/c1-2-21-14-10-6-5-8-12(14)15(18)17-11-7-3-4-9-13(17)16(19)20/h5-6,8,10,13H,2-4,7,9,11H2,1H3,(H,19,20). The van der Waals surface area contributed by atoms with E-state index in [4.69, 9.17) is 4.74 Å². The van der Waals surface area contributed by atoms with Crippen LogP contribution < -0.4 is 4.74 Å². The average Bonchev–Trinajstić information content (AvgIpc) is 2.73. The number of benzene rings is 1. The highest BCUT2D eigenvalue weighted by atomic mass is 16.5. The molecule has 1 N–H and O–H groups in total. The summed E-state index contributed by atoms with van der Waals surface area (Å²) in [7, 11) is 0. The Kier molecular flexibility index (Phi) is 5.20. The molecule has 1 aliphatic rings. The molecule has 1 aromatic carbocycles. The summed E-state index contributed by atoms with van der Waals surface area (Å²) < 4.78 is 5.48. The van der Waals surface area contributed by atoms with Crippen molar-refractivity contribution in [3.63, 3.8) is 0 Å². The number of amides is 1. The molecule has 0 spiro atoms. The Bertz CT molecular complexity index is 515. The van der Waals surface area contributed by atoms with Gasteiger partial charge in [-0.2, -0.15) is 0 Å². The van der Waals surface area contributed by atoms with Crippen molar-refractivity contribution in [1.29, 1.82) is 0 Å².